The van der Waals surface area contributed by atoms with Gasteiger partial charge in [0.15, 0.2) is 0 Å². The van der Waals surface area contributed by atoms with Crippen molar-refractivity contribution in [2.45, 2.75) is 45.3 Å². The molecule has 0 atom stereocenters. The van der Waals surface area contributed by atoms with Gasteiger partial charge in [-0.15, -0.1) is 0 Å². The SMILES string of the molecule is Cc1ccc(CN2C(=O)C3(CN(C(=O)OC(C)(C)C)C3)c3cc(Cl)ccc32)cc1. The van der Waals surface area contributed by atoms with Crippen molar-refractivity contribution in [3.63, 3.8) is 0 Å². The number of carbonyl (C=O) groups excluding carboxylic acids is 2. The van der Waals surface area contributed by atoms with Crippen LogP contribution in [0.1, 0.15) is 37.5 Å². The molecule has 5 nitrogen and oxygen atoms in total. The van der Waals surface area contributed by atoms with Gasteiger partial charge in [-0.25, -0.2) is 4.79 Å². The molecule has 2 aromatic carbocycles. The van der Waals surface area contributed by atoms with Crippen molar-refractivity contribution in [2.24, 2.45) is 0 Å². The number of likely N-dealkylation sites (tertiary alicyclic amines) is 1. The zero-order valence-corrected chi connectivity index (χ0v) is 17.9. The van der Waals surface area contributed by atoms with E-state index in [1.54, 1.807) is 11.0 Å². The Labute approximate surface area is 176 Å². The first-order chi connectivity index (χ1) is 13.6. The molecule has 2 heterocycles. The van der Waals surface area contributed by atoms with E-state index in [1.165, 1.54) is 5.56 Å². The predicted octanol–water partition coefficient (Wildman–Crippen LogP) is 4.68. The number of benzene rings is 2. The maximum absolute atomic E-state index is 13.5. The van der Waals surface area contributed by atoms with E-state index < -0.39 is 17.1 Å². The van der Waals surface area contributed by atoms with E-state index >= 15 is 0 Å². The van der Waals surface area contributed by atoms with Gasteiger partial charge >= 0.3 is 6.09 Å². The van der Waals surface area contributed by atoms with Crippen molar-refractivity contribution in [1.82, 2.24) is 4.90 Å². The Morgan fingerprint density at radius 1 is 1.14 bits per heavy atom. The maximum Gasteiger partial charge on any atom is 0.410 e. The highest BCUT2D eigenvalue weighted by atomic mass is 35.5. The van der Waals surface area contributed by atoms with Gasteiger partial charge in [-0.2, -0.15) is 0 Å². The molecule has 0 bridgehead atoms. The molecule has 1 fully saturated rings. The third kappa shape index (κ3) is 3.48. The van der Waals surface area contributed by atoms with Gasteiger partial charge in [0.05, 0.1) is 6.54 Å². The summed E-state index contributed by atoms with van der Waals surface area (Å²) in [6.07, 6.45) is -0.392. The van der Waals surface area contributed by atoms with E-state index in [-0.39, 0.29) is 5.91 Å². The van der Waals surface area contributed by atoms with Crippen molar-refractivity contribution in [3.8, 4) is 0 Å². The number of carbonyl (C=O) groups is 2. The lowest BCUT2D eigenvalue weighted by Gasteiger charge is -2.46. The number of hydrogen-bond donors (Lipinski definition) is 0. The van der Waals surface area contributed by atoms with Crippen LogP contribution in [-0.4, -0.2) is 35.6 Å². The van der Waals surface area contributed by atoms with Crippen LogP contribution in [0.25, 0.3) is 0 Å². The number of rotatable bonds is 2. The van der Waals surface area contributed by atoms with Crippen LogP contribution in [0.5, 0.6) is 0 Å². The number of aryl methyl sites for hydroxylation is 1. The molecular formula is C23H25ClN2O3. The average molecular weight is 413 g/mol. The number of hydrogen-bond acceptors (Lipinski definition) is 3. The summed E-state index contributed by atoms with van der Waals surface area (Å²) in [5.41, 5.74) is 2.67. The summed E-state index contributed by atoms with van der Waals surface area (Å²) >= 11 is 6.26. The van der Waals surface area contributed by atoms with Crippen LogP contribution in [0.4, 0.5) is 10.5 Å². The van der Waals surface area contributed by atoms with Crippen molar-refractivity contribution in [3.05, 3.63) is 64.2 Å². The molecule has 29 heavy (non-hydrogen) atoms. The highest BCUT2D eigenvalue weighted by Gasteiger charge is 2.59. The number of ether oxygens (including phenoxy) is 1. The van der Waals surface area contributed by atoms with Crippen LogP contribution < -0.4 is 4.90 Å². The Kier molecular flexibility index (Phi) is 4.61. The first-order valence-electron chi connectivity index (χ1n) is 9.75. The molecule has 0 N–H and O–H groups in total. The molecule has 0 unspecified atom stereocenters. The molecule has 2 aromatic rings. The van der Waals surface area contributed by atoms with Gasteiger partial charge in [-0.1, -0.05) is 41.4 Å². The third-order valence-electron chi connectivity index (χ3n) is 5.45. The van der Waals surface area contributed by atoms with Crippen LogP contribution in [0.15, 0.2) is 42.5 Å². The summed E-state index contributed by atoms with van der Waals surface area (Å²) in [6, 6.07) is 13.7. The topological polar surface area (TPSA) is 49.9 Å². The second-order valence-corrected chi connectivity index (χ2v) is 9.39. The Morgan fingerprint density at radius 3 is 2.41 bits per heavy atom. The van der Waals surface area contributed by atoms with Gasteiger partial charge in [0.1, 0.15) is 11.0 Å². The second kappa shape index (κ2) is 6.77. The minimum absolute atomic E-state index is 0.00940. The molecule has 152 valence electrons. The van der Waals surface area contributed by atoms with E-state index in [0.717, 1.165) is 16.8 Å². The van der Waals surface area contributed by atoms with Gasteiger partial charge in [0.25, 0.3) is 0 Å². The van der Waals surface area contributed by atoms with Gasteiger partial charge in [0, 0.05) is 23.8 Å². The van der Waals surface area contributed by atoms with Crippen LogP contribution in [0.3, 0.4) is 0 Å². The van der Waals surface area contributed by atoms with Crippen LogP contribution in [0.2, 0.25) is 5.02 Å². The zero-order chi connectivity index (χ0) is 21.0. The fourth-order valence-corrected chi connectivity index (χ4v) is 4.18. The van der Waals surface area contributed by atoms with E-state index in [1.807, 2.05) is 69.0 Å². The van der Waals surface area contributed by atoms with Crippen molar-refractivity contribution in [1.29, 1.82) is 0 Å². The first-order valence-corrected chi connectivity index (χ1v) is 10.1. The molecule has 0 saturated carbocycles. The molecule has 1 saturated heterocycles. The first kappa shape index (κ1) is 19.8. The van der Waals surface area contributed by atoms with Gasteiger partial charge in [-0.05, 0) is 57.0 Å². The summed E-state index contributed by atoms with van der Waals surface area (Å²) in [4.78, 5) is 29.3. The monoisotopic (exact) mass is 412 g/mol. The number of amides is 2. The summed E-state index contributed by atoms with van der Waals surface area (Å²) in [7, 11) is 0. The summed E-state index contributed by atoms with van der Waals surface area (Å²) in [5.74, 6) is 0.00940. The van der Waals surface area contributed by atoms with Gasteiger partial charge < -0.3 is 14.5 Å². The molecular weight excluding hydrogens is 388 g/mol. The van der Waals surface area contributed by atoms with Crippen molar-refractivity contribution in [2.75, 3.05) is 18.0 Å². The molecule has 4 rings (SSSR count). The number of fused-ring (bicyclic) bond motifs is 2. The molecule has 1 spiro atoms. The second-order valence-electron chi connectivity index (χ2n) is 8.96. The van der Waals surface area contributed by atoms with Crippen LogP contribution in [0, 0.1) is 6.92 Å². The Balaban J connectivity index is 1.62. The van der Waals surface area contributed by atoms with E-state index in [2.05, 4.69) is 0 Å². The Bertz CT molecular complexity index is 973. The minimum atomic E-state index is -0.748. The lowest BCUT2D eigenvalue weighted by atomic mass is 9.75. The van der Waals surface area contributed by atoms with Crippen molar-refractivity contribution < 1.29 is 14.3 Å². The number of halogens is 1. The lowest BCUT2D eigenvalue weighted by Crippen LogP contribution is -2.65. The smallest absolute Gasteiger partial charge is 0.410 e. The number of anilines is 1. The average Bonchev–Trinajstić information content (AvgIpc) is 2.82. The molecule has 2 aliphatic heterocycles. The molecule has 0 aromatic heterocycles. The minimum Gasteiger partial charge on any atom is -0.444 e. The molecule has 2 aliphatic rings. The fraction of sp³-hybridized carbons (Fsp3) is 0.391. The normalized spacial score (nSPS) is 17.3. The molecule has 2 amide bonds. The quantitative estimate of drug-likeness (QED) is 0.719. The van der Waals surface area contributed by atoms with Gasteiger partial charge in [0.2, 0.25) is 5.91 Å². The fourth-order valence-electron chi connectivity index (χ4n) is 4.01. The van der Waals surface area contributed by atoms with Crippen LogP contribution in [-0.2, 0) is 21.5 Å². The van der Waals surface area contributed by atoms with Crippen LogP contribution >= 0.6 is 11.6 Å². The molecule has 6 heteroatoms. The summed E-state index contributed by atoms with van der Waals surface area (Å²) in [6.45, 7) is 8.63. The molecule has 0 aliphatic carbocycles. The predicted molar refractivity (Wildman–Crippen MR) is 113 cm³/mol. The summed E-state index contributed by atoms with van der Waals surface area (Å²) in [5, 5.41) is 0.587. The van der Waals surface area contributed by atoms with E-state index in [9.17, 15) is 9.59 Å². The highest BCUT2D eigenvalue weighted by Crippen LogP contribution is 2.49. The molecule has 0 radical (unpaired) electrons. The Hall–Kier alpha value is -2.53. The maximum atomic E-state index is 13.5. The highest BCUT2D eigenvalue weighted by molar-refractivity contribution is 6.31. The third-order valence-corrected chi connectivity index (χ3v) is 5.69. The largest absolute Gasteiger partial charge is 0.444 e. The zero-order valence-electron chi connectivity index (χ0n) is 17.2. The number of nitrogens with zero attached hydrogens (tertiary/aromatic N) is 2. The standard InChI is InChI=1S/C23H25ClN2O3/c1-15-5-7-16(8-6-15)12-26-19-10-9-17(24)11-18(19)23(20(26)27)13-25(14-23)21(28)29-22(2,3)4/h5-11H,12-14H2,1-4H3. The van der Waals surface area contributed by atoms with Gasteiger partial charge in [-0.3, -0.25) is 4.79 Å². The van der Waals surface area contributed by atoms with E-state index in [4.69, 9.17) is 16.3 Å². The van der Waals surface area contributed by atoms with E-state index in [0.29, 0.717) is 24.7 Å². The summed E-state index contributed by atoms with van der Waals surface area (Å²) < 4.78 is 5.46. The van der Waals surface area contributed by atoms with Crippen molar-refractivity contribution >= 4 is 29.3 Å². The Morgan fingerprint density at radius 2 is 1.79 bits per heavy atom. The lowest BCUT2D eigenvalue weighted by molar-refractivity contribution is -0.129.